The number of nitrogens with one attached hydrogen (secondary N) is 2. The number of aromatic amines is 1. The molecule has 2 saturated heterocycles. The van der Waals surface area contributed by atoms with Gasteiger partial charge in [0.15, 0.2) is 5.82 Å². The first-order valence-corrected chi connectivity index (χ1v) is 5.90. The van der Waals surface area contributed by atoms with Crippen molar-refractivity contribution >= 4 is 5.82 Å². The van der Waals surface area contributed by atoms with Gasteiger partial charge < -0.3 is 19.9 Å². The van der Waals surface area contributed by atoms with E-state index in [-0.39, 0.29) is 5.56 Å². The number of nitrogens with zero attached hydrogens (tertiary/aromatic N) is 2. The highest BCUT2D eigenvalue weighted by Crippen LogP contribution is 2.33. The molecule has 0 aromatic carbocycles. The standard InChI is InChI=1S/C11H16N4O2/c1-17-9-10(13-6-14-11(9)16)15-3-2-7-4-12-5-8(7)15/h6-8,12H,2-5H2,1H3,(H,13,14,16)/t7-,8+/m0/s1. The van der Waals surface area contributed by atoms with E-state index in [2.05, 4.69) is 20.2 Å². The van der Waals surface area contributed by atoms with Crippen molar-refractivity contribution in [2.24, 2.45) is 5.92 Å². The molecule has 2 N–H and O–H groups in total. The lowest BCUT2D eigenvalue weighted by Gasteiger charge is -2.25. The molecule has 3 heterocycles. The van der Waals surface area contributed by atoms with Crippen molar-refractivity contribution in [3.05, 3.63) is 16.7 Å². The molecule has 92 valence electrons. The highest BCUT2D eigenvalue weighted by molar-refractivity contribution is 5.53. The Morgan fingerprint density at radius 3 is 3.24 bits per heavy atom. The molecule has 1 aromatic rings. The van der Waals surface area contributed by atoms with Crippen LogP contribution in [0, 0.1) is 5.92 Å². The lowest BCUT2D eigenvalue weighted by molar-refractivity contribution is 0.404. The van der Waals surface area contributed by atoms with Crippen molar-refractivity contribution in [2.75, 3.05) is 31.6 Å². The van der Waals surface area contributed by atoms with Crippen molar-refractivity contribution < 1.29 is 4.74 Å². The van der Waals surface area contributed by atoms with Gasteiger partial charge in [-0.1, -0.05) is 0 Å². The van der Waals surface area contributed by atoms with Crippen LogP contribution in [-0.2, 0) is 0 Å². The van der Waals surface area contributed by atoms with E-state index in [1.165, 1.54) is 13.4 Å². The number of ether oxygens (including phenoxy) is 1. The van der Waals surface area contributed by atoms with E-state index >= 15 is 0 Å². The Balaban J connectivity index is 1.99. The van der Waals surface area contributed by atoms with E-state index in [0.29, 0.717) is 23.5 Å². The Bertz CT molecular complexity index is 473. The van der Waals surface area contributed by atoms with Crippen molar-refractivity contribution in [1.29, 1.82) is 0 Å². The zero-order chi connectivity index (χ0) is 11.8. The van der Waals surface area contributed by atoms with E-state index in [0.717, 1.165) is 26.1 Å². The Hall–Kier alpha value is -1.56. The molecule has 1 aromatic heterocycles. The fourth-order valence-corrected chi connectivity index (χ4v) is 2.88. The number of fused-ring (bicyclic) bond motifs is 1. The van der Waals surface area contributed by atoms with Gasteiger partial charge >= 0.3 is 0 Å². The second-order valence-electron chi connectivity index (χ2n) is 4.56. The first-order valence-electron chi connectivity index (χ1n) is 5.90. The number of hydrogen-bond donors (Lipinski definition) is 2. The monoisotopic (exact) mass is 236 g/mol. The van der Waals surface area contributed by atoms with Gasteiger partial charge in [-0.3, -0.25) is 4.79 Å². The van der Waals surface area contributed by atoms with Gasteiger partial charge in [0, 0.05) is 25.7 Å². The van der Waals surface area contributed by atoms with Gasteiger partial charge in [-0.15, -0.1) is 0 Å². The summed E-state index contributed by atoms with van der Waals surface area (Å²) in [5, 5.41) is 3.38. The Labute approximate surface area is 99.0 Å². The van der Waals surface area contributed by atoms with Gasteiger partial charge in [0.05, 0.1) is 13.4 Å². The first kappa shape index (κ1) is 10.6. The molecule has 17 heavy (non-hydrogen) atoms. The molecule has 0 radical (unpaired) electrons. The maximum atomic E-state index is 11.7. The molecule has 2 aliphatic heterocycles. The van der Waals surface area contributed by atoms with Crippen LogP contribution < -0.4 is 20.5 Å². The minimum Gasteiger partial charge on any atom is -0.489 e. The number of rotatable bonds is 2. The third-order valence-corrected chi connectivity index (χ3v) is 3.71. The summed E-state index contributed by atoms with van der Waals surface area (Å²) >= 11 is 0. The molecular weight excluding hydrogens is 220 g/mol. The lowest BCUT2D eigenvalue weighted by Crippen LogP contribution is -2.36. The summed E-state index contributed by atoms with van der Waals surface area (Å²) in [7, 11) is 1.51. The normalized spacial score (nSPS) is 27.2. The summed E-state index contributed by atoms with van der Waals surface area (Å²) in [4.78, 5) is 20.7. The molecule has 2 atom stereocenters. The van der Waals surface area contributed by atoms with E-state index in [1.54, 1.807) is 0 Å². The fourth-order valence-electron chi connectivity index (χ4n) is 2.88. The highest BCUT2D eigenvalue weighted by Gasteiger charge is 2.39. The van der Waals surface area contributed by atoms with Crippen LogP contribution >= 0.6 is 0 Å². The second-order valence-corrected chi connectivity index (χ2v) is 4.56. The van der Waals surface area contributed by atoms with Gasteiger partial charge in [0.2, 0.25) is 5.75 Å². The summed E-state index contributed by atoms with van der Waals surface area (Å²) in [5.41, 5.74) is -0.216. The van der Waals surface area contributed by atoms with Gasteiger partial charge in [0.1, 0.15) is 0 Å². The third-order valence-electron chi connectivity index (χ3n) is 3.71. The second kappa shape index (κ2) is 4.03. The van der Waals surface area contributed by atoms with Crippen molar-refractivity contribution in [3.8, 4) is 5.75 Å². The number of anilines is 1. The molecule has 0 bridgehead atoms. The smallest absolute Gasteiger partial charge is 0.295 e. The summed E-state index contributed by atoms with van der Waals surface area (Å²) in [6, 6.07) is 0.443. The fraction of sp³-hybridized carbons (Fsp3) is 0.636. The van der Waals surface area contributed by atoms with Crippen LogP contribution in [0.3, 0.4) is 0 Å². The molecule has 0 aliphatic carbocycles. The van der Waals surface area contributed by atoms with E-state index in [4.69, 9.17) is 4.74 Å². The third kappa shape index (κ3) is 1.59. The van der Waals surface area contributed by atoms with Gasteiger partial charge in [-0.2, -0.15) is 0 Å². The van der Waals surface area contributed by atoms with Crippen LogP contribution in [0.5, 0.6) is 5.75 Å². The number of aromatic nitrogens is 2. The average Bonchev–Trinajstić information content (AvgIpc) is 2.90. The maximum absolute atomic E-state index is 11.7. The van der Waals surface area contributed by atoms with Crippen LogP contribution in [0.2, 0.25) is 0 Å². The van der Waals surface area contributed by atoms with Crippen molar-refractivity contribution in [2.45, 2.75) is 12.5 Å². The molecule has 2 aliphatic rings. The molecule has 2 fully saturated rings. The van der Waals surface area contributed by atoms with Crippen LogP contribution in [-0.4, -0.2) is 42.8 Å². The molecule has 3 rings (SSSR count). The minimum absolute atomic E-state index is 0.216. The number of methoxy groups -OCH3 is 1. The minimum atomic E-state index is -0.216. The van der Waals surface area contributed by atoms with Gasteiger partial charge in [0.25, 0.3) is 5.56 Å². The summed E-state index contributed by atoms with van der Waals surface area (Å²) < 4.78 is 5.17. The quantitative estimate of drug-likeness (QED) is 0.729. The molecule has 6 nitrogen and oxygen atoms in total. The Morgan fingerprint density at radius 1 is 1.53 bits per heavy atom. The van der Waals surface area contributed by atoms with Crippen LogP contribution in [0.4, 0.5) is 5.82 Å². The molecule has 6 heteroatoms. The molecule has 0 saturated carbocycles. The Morgan fingerprint density at radius 2 is 2.41 bits per heavy atom. The first-order chi connectivity index (χ1) is 8.31. The maximum Gasteiger partial charge on any atom is 0.295 e. The van der Waals surface area contributed by atoms with E-state index < -0.39 is 0 Å². The average molecular weight is 236 g/mol. The molecule has 0 amide bonds. The summed E-state index contributed by atoms with van der Waals surface area (Å²) in [5.74, 6) is 1.66. The van der Waals surface area contributed by atoms with E-state index in [9.17, 15) is 4.79 Å². The molecular formula is C11H16N4O2. The topological polar surface area (TPSA) is 70.2 Å². The van der Waals surface area contributed by atoms with Gasteiger partial charge in [-0.05, 0) is 12.3 Å². The lowest BCUT2D eigenvalue weighted by atomic mass is 10.1. The number of hydrogen-bond acceptors (Lipinski definition) is 5. The summed E-state index contributed by atoms with van der Waals surface area (Å²) in [6.07, 6.45) is 2.59. The van der Waals surface area contributed by atoms with Gasteiger partial charge in [-0.25, -0.2) is 4.98 Å². The van der Waals surface area contributed by atoms with Crippen LogP contribution in [0.25, 0.3) is 0 Å². The zero-order valence-corrected chi connectivity index (χ0v) is 9.77. The van der Waals surface area contributed by atoms with Crippen molar-refractivity contribution in [1.82, 2.24) is 15.3 Å². The predicted octanol–water partition coefficient (Wildman–Crippen LogP) is -0.423. The molecule has 0 unspecified atom stereocenters. The SMILES string of the molecule is COc1c(N2CC[C@H]3CNC[C@H]32)nc[nH]c1=O. The predicted molar refractivity (Wildman–Crippen MR) is 63.5 cm³/mol. The van der Waals surface area contributed by atoms with E-state index in [1.807, 2.05) is 0 Å². The zero-order valence-electron chi connectivity index (χ0n) is 9.77. The Kier molecular flexibility index (Phi) is 2.51. The van der Waals surface area contributed by atoms with Crippen molar-refractivity contribution in [3.63, 3.8) is 0 Å². The van der Waals surface area contributed by atoms with Crippen LogP contribution in [0.15, 0.2) is 11.1 Å². The molecule has 0 spiro atoms. The largest absolute Gasteiger partial charge is 0.489 e. The number of H-pyrrole nitrogens is 1. The van der Waals surface area contributed by atoms with Crippen LogP contribution in [0.1, 0.15) is 6.42 Å². The summed E-state index contributed by atoms with van der Waals surface area (Å²) in [6.45, 7) is 2.97. The highest BCUT2D eigenvalue weighted by atomic mass is 16.5.